The van der Waals surface area contributed by atoms with Gasteiger partial charge in [-0.05, 0) is 0 Å². The minimum absolute atomic E-state index is 0. The van der Waals surface area contributed by atoms with E-state index in [0.717, 1.165) is 0 Å². The van der Waals surface area contributed by atoms with Gasteiger partial charge in [0.05, 0.1) is 0 Å². The third-order valence-corrected chi connectivity index (χ3v) is 0. The van der Waals surface area contributed by atoms with Crippen molar-refractivity contribution in [1.82, 2.24) is 0 Å². The molecular formula is Al3F12Tb. The van der Waals surface area contributed by atoms with E-state index in [-0.39, 0.29) is 38.6 Å². The van der Waals surface area contributed by atoms with E-state index in [4.69, 9.17) is 0 Å². The van der Waals surface area contributed by atoms with Crippen molar-refractivity contribution in [3.63, 3.8) is 0 Å². The molecule has 0 aromatic rings. The zero-order valence-electron chi connectivity index (χ0n) is 6.60. The van der Waals surface area contributed by atoms with Gasteiger partial charge in [-0.25, -0.2) is 0 Å². The molecule has 0 saturated carbocycles. The first kappa shape index (κ1) is 26.6. The molecule has 0 aliphatic rings. The van der Waals surface area contributed by atoms with E-state index < -0.39 is 44.7 Å². The molecule has 0 spiro atoms. The van der Waals surface area contributed by atoms with E-state index >= 15 is 0 Å². The summed E-state index contributed by atoms with van der Waals surface area (Å²) in [6, 6.07) is 0. The number of halogens is 12. The average Bonchev–Trinajstić information content (AvgIpc) is 1.41. The molecule has 0 heterocycles. The fourth-order valence-electron chi connectivity index (χ4n) is 0. The van der Waals surface area contributed by atoms with Crippen LogP contribution in [-0.2, 0) is 0 Å². The molecule has 0 fully saturated rings. The van der Waals surface area contributed by atoms with Gasteiger partial charge < -0.3 is 42.3 Å². The molecular weight excluding hydrogens is 468 g/mol. The Labute approximate surface area is 124 Å². The molecule has 102 valence electrons. The molecule has 0 aliphatic heterocycles. The van der Waals surface area contributed by atoms with Crippen molar-refractivity contribution in [3.8, 4) is 0 Å². The zero-order valence-corrected chi connectivity index (χ0v) is 12.2. The Morgan fingerprint density at radius 1 is 0.312 bits per heavy atom. The second-order valence-electron chi connectivity index (χ2n) is 1.48. The van der Waals surface area contributed by atoms with Gasteiger partial charge in [0.1, 0.15) is 0 Å². The molecule has 0 N–H and O–H groups in total. The second-order valence-corrected chi connectivity index (χ2v) is 4.45. The van der Waals surface area contributed by atoms with Crippen molar-refractivity contribution >= 4 is 44.7 Å². The predicted octanol–water partition coefficient (Wildman–Crippen LogP) is 3.90. The van der Waals surface area contributed by atoms with Crippen molar-refractivity contribution in [1.29, 1.82) is 0 Å². The van der Waals surface area contributed by atoms with Gasteiger partial charge in [0, 0.05) is 0 Å². The summed E-state index contributed by atoms with van der Waals surface area (Å²) in [4.78, 5) is 0. The molecule has 0 bridgehead atoms. The summed E-state index contributed by atoms with van der Waals surface area (Å²) < 4.78 is 118. The largest absolute Gasteiger partial charge is 3.00 e. The molecule has 0 radical (unpaired) electrons. The summed E-state index contributed by atoms with van der Waals surface area (Å²) in [5.41, 5.74) is 0. The first-order valence-corrected chi connectivity index (χ1v) is 7.86. The van der Waals surface area contributed by atoms with Crippen LogP contribution in [0.4, 0.5) is 42.3 Å². The van der Waals surface area contributed by atoms with Crippen molar-refractivity contribution in [3.05, 3.63) is 0 Å². The molecule has 0 saturated heterocycles. The normalized spacial score (nSPS) is 11.2. The van der Waals surface area contributed by atoms with Gasteiger partial charge in [-0.3, -0.25) is 0 Å². The van der Waals surface area contributed by atoms with Crippen LogP contribution >= 0.6 is 0 Å². The minimum atomic E-state index is -6.83. The fraction of sp³-hybridized carbons (Fsp3) is 0. The number of hydrogen-bond donors (Lipinski definition) is 0. The summed E-state index contributed by atoms with van der Waals surface area (Å²) in [5, 5.41) is 0. The predicted molar refractivity (Wildman–Crippen MR) is 30.6 cm³/mol. The molecule has 0 aromatic carbocycles. The SMILES string of the molecule is [F][Al-]([F])([F])[F].[F][Al-]([F])([F])[F].[F][Al-]([F])([F])[F].[Tb+3]. The third-order valence-electron chi connectivity index (χ3n) is 0. The minimum Gasteiger partial charge on any atom is -0.510 e. The van der Waals surface area contributed by atoms with Gasteiger partial charge in [0.2, 0.25) is 0 Å². The van der Waals surface area contributed by atoms with Gasteiger partial charge in [-0.2, -0.15) is 0 Å². The topological polar surface area (TPSA) is 0 Å². The van der Waals surface area contributed by atoms with E-state index in [9.17, 15) is 42.3 Å². The van der Waals surface area contributed by atoms with Crippen molar-refractivity contribution < 1.29 is 80.9 Å². The Morgan fingerprint density at radius 2 is 0.312 bits per heavy atom. The van der Waals surface area contributed by atoms with Gasteiger partial charge in [-0.15, -0.1) is 0 Å². The van der Waals surface area contributed by atoms with Gasteiger partial charge in [0.15, 0.2) is 0 Å². The van der Waals surface area contributed by atoms with Crippen LogP contribution in [0.2, 0.25) is 0 Å². The van der Waals surface area contributed by atoms with Gasteiger partial charge in [-0.1, -0.05) is 0 Å². The quantitative estimate of drug-likeness (QED) is 0.374. The van der Waals surface area contributed by atoms with Crippen molar-refractivity contribution in [2.45, 2.75) is 0 Å². The second kappa shape index (κ2) is 10.9. The number of rotatable bonds is 0. The fourth-order valence-corrected chi connectivity index (χ4v) is 0. The molecule has 16 heteroatoms. The molecule has 0 unspecified atom stereocenters. The van der Waals surface area contributed by atoms with Gasteiger partial charge in [0.25, 0.3) is 0 Å². The molecule has 0 nitrogen and oxygen atoms in total. The first-order valence-electron chi connectivity index (χ1n) is 2.62. The molecule has 16 heavy (non-hydrogen) atoms. The van der Waals surface area contributed by atoms with Crippen molar-refractivity contribution in [2.24, 2.45) is 0 Å². The molecule has 0 aliphatic carbocycles. The smallest absolute Gasteiger partial charge is 0.510 e. The molecule has 0 amide bonds. The Bertz CT molecular complexity index is 91.3. The van der Waals surface area contributed by atoms with Crippen LogP contribution in [0, 0.1) is 38.6 Å². The summed E-state index contributed by atoms with van der Waals surface area (Å²) in [5.74, 6) is 0. The number of hydrogen-bond acceptors (Lipinski definition) is 0. The maximum Gasteiger partial charge on any atom is 3.00 e. The maximum absolute atomic E-state index is 9.85. The van der Waals surface area contributed by atoms with Crippen LogP contribution < -0.4 is 0 Å². The van der Waals surface area contributed by atoms with Crippen LogP contribution in [0.3, 0.4) is 0 Å². The van der Waals surface area contributed by atoms with Crippen LogP contribution in [0.25, 0.3) is 0 Å². The van der Waals surface area contributed by atoms with Gasteiger partial charge >= 0.3 is 83.4 Å². The summed E-state index contributed by atoms with van der Waals surface area (Å²) in [7, 11) is 0. The third kappa shape index (κ3) is 870. The first-order chi connectivity index (χ1) is 6.00. The van der Waals surface area contributed by atoms with Crippen LogP contribution in [0.5, 0.6) is 0 Å². The Hall–Kier alpha value is 2.04. The summed E-state index contributed by atoms with van der Waals surface area (Å²) in [6.07, 6.45) is 0. The van der Waals surface area contributed by atoms with E-state index in [2.05, 4.69) is 0 Å². The molecule has 0 rings (SSSR count). The monoisotopic (exact) mass is 468 g/mol. The van der Waals surface area contributed by atoms with Crippen LogP contribution in [0.1, 0.15) is 0 Å². The zero-order chi connectivity index (χ0) is 13.5. The summed E-state index contributed by atoms with van der Waals surface area (Å²) in [6.45, 7) is 0. The van der Waals surface area contributed by atoms with Crippen LogP contribution in [0.15, 0.2) is 0 Å². The standard InChI is InChI=1S/3Al.12FH.Tb/h;;;12*1H;/q3*+3;;;;;;;;;;;;;+3/p-12. The molecule has 0 atom stereocenters. The molecule has 0 aromatic heterocycles. The van der Waals surface area contributed by atoms with Crippen LogP contribution in [-0.4, -0.2) is 44.7 Å². The Morgan fingerprint density at radius 3 is 0.312 bits per heavy atom. The van der Waals surface area contributed by atoms with E-state index in [0.29, 0.717) is 0 Å². The average molecular weight is 468 g/mol. The van der Waals surface area contributed by atoms with E-state index in [1.54, 1.807) is 0 Å². The van der Waals surface area contributed by atoms with E-state index in [1.807, 2.05) is 0 Å². The van der Waals surface area contributed by atoms with Crippen molar-refractivity contribution in [2.75, 3.05) is 0 Å². The van der Waals surface area contributed by atoms with E-state index in [1.165, 1.54) is 0 Å². The Kier molecular flexibility index (Phi) is 18.1. The maximum atomic E-state index is 9.85. The summed E-state index contributed by atoms with van der Waals surface area (Å²) >= 11 is -20.5. The Balaban J connectivity index is -0.0000000655.